The molecule has 13 N–H and O–H groups in total. The lowest BCUT2D eigenvalue weighted by Crippen LogP contribution is -2.81. The molecule has 3 aromatic carbocycles. The van der Waals surface area contributed by atoms with Crippen LogP contribution >= 0.6 is 21.6 Å². The van der Waals surface area contributed by atoms with E-state index in [0.717, 1.165) is 58.5 Å². The zero-order chi connectivity index (χ0) is 82.2. The number of rotatable bonds is 33. The minimum absolute atomic E-state index is 0.00197. The van der Waals surface area contributed by atoms with Crippen LogP contribution in [-0.2, 0) is 76.4 Å². The van der Waals surface area contributed by atoms with Crippen LogP contribution in [0.4, 0.5) is 16.4 Å². The van der Waals surface area contributed by atoms with Crippen molar-refractivity contribution in [1.82, 2.24) is 60.3 Å². The predicted molar refractivity (Wildman–Crippen MR) is 431 cm³/mol. The fraction of sp³-hybridized carbons (Fsp3) is 0.561. The third-order valence-electron chi connectivity index (χ3n) is 25.3. The van der Waals surface area contributed by atoms with Gasteiger partial charge < -0.3 is 80.9 Å². The number of H-pyrrole nitrogens is 2. The number of nitrogens with zero attached hydrogens (tertiary/aromatic N) is 9. The molecule has 32 nitrogen and oxygen atoms in total. The summed E-state index contributed by atoms with van der Waals surface area (Å²) in [7, 11) is 6.39. The number of benzene rings is 3. The Bertz CT molecular complexity index is 4910. The van der Waals surface area contributed by atoms with Crippen LogP contribution < -0.4 is 31.6 Å². The molecule has 1 spiro atoms. The molecule has 34 heteroatoms. The highest BCUT2D eigenvalue weighted by atomic mass is 33.1. The van der Waals surface area contributed by atoms with E-state index in [1.807, 2.05) is 49.2 Å². The summed E-state index contributed by atoms with van der Waals surface area (Å²) in [5, 5.41) is 94.1. The number of aromatic nitrogens is 8. The number of carbonyl (C=O) groups is 6. The maximum absolute atomic E-state index is 15.4. The number of ketones is 3. The van der Waals surface area contributed by atoms with Crippen molar-refractivity contribution < 1.29 is 83.5 Å². The number of nitrogens with one attached hydrogen (secondary N) is 4. The summed E-state index contributed by atoms with van der Waals surface area (Å²) in [5.41, 5.74) is 7.85. The second-order valence-corrected chi connectivity index (χ2v) is 35.1. The highest BCUT2D eigenvalue weighted by Gasteiger charge is 2.78. The third-order valence-corrected chi connectivity index (χ3v) is 27.7. The molecule has 2 amide bonds. The summed E-state index contributed by atoms with van der Waals surface area (Å²) in [5.74, 6) is -1.62. The standard InChI is InChI=1S/C82H104N14O18S2/c1-6-79(109)40-47-39-78(3,68-52(25-29-94(43-47)45-79)51-14-8-9-15-55(51)88-68)54-37-53-57(38-60(54)111-5)93(4)74-81(53)27-30-95-28-13-26-80(7-2,73(81)95)75(107)82(74,110)61(99)42-85-77(108)113-33-35-116-115-34-12-17-59(98)56(36-50-44-96(92-91-50)31-32-112-72-66(103)64(101)65(102)67(114-72)71(105)106)87-62(100)18-11-10-16-58(97)48-22-19-46(20-23-48)21-24-49-41-84-69-63(86-49)70(104)90-76(83)89-69/h8-9,13-15,19-20,22-23,26,37-38,41,44,47,56,64-67,72-75,88,101-103,107,109-110H,6-7,10-12,16-18,21,24-25,27-36,39-40,42-43,45H2,1-5H3,(H,85,108)(H,87,100)(H,105,106)(H3,83,84,89,90,104)/t47-,56-,64-,65?,66-,67?,72?,73-,74+,75+,78+,79-,80+,81+,82-/m0/s1. The molecule has 3 saturated heterocycles. The SMILES string of the molecule is CC[C@]1(O)C[C@H]2CN(CCc3c([nH]c4ccccc34)[C@@](C)(c3cc4c(cc3OC)N(C)[C@H]3[C@@](O)(C(=O)CNC(=O)OCCSSCCCC(=O)[C@H](Cc5cn(CCOC6OC(C(=O)O)C(O)[C@H](O)[C@@H]6O)nn5)NC(=O)CCCCC(=O)c5ccc(CCc6cnc7nc(N)[nH]c(=O)c7n6)cc5)[C@H](O)[C@]5(CC)C=CCN6CC[C@]43[C@@H]65)C2)C1. The molecule has 4 unspecified atom stereocenters. The zero-order valence-corrected chi connectivity index (χ0v) is 67.4. The maximum Gasteiger partial charge on any atom is 0.407 e. The lowest BCUT2D eigenvalue weighted by molar-refractivity contribution is -0.294. The predicted octanol–water partition coefficient (Wildman–Crippen LogP) is 4.19. The van der Waals surface area contributed by atoms with Crippen molar-refractivity contribution in [2.45, 2.75) is 201 Å². The Morgan fingerprint density at radius 2 is 1.65 bits per heavy atom. The second-order valence-electron chi connectivity index (χ2n) is 32.4. The Balaban J connectivity index is 0.585. The maximum atomic E-state index is 15.4. The van der Waals surface area contributed by atoms with E-state index in [1.54, 1.807) is 25.4 Å². The number of aryl methyl sites for hydroxylation is 2. The topological polar surface area (TPSA) is 459 Å². The van der Waals surface area contributed by atoms with Gasteiger partial charge in [-0.05, 0) is 119 Å². The Hall–Kier alpha value is -8.78. The number of aromatic amines is 2. The number of para-hydroxylation sites is 1. The van der Waals surface area contributed by atoms with Crippen LogP contribution in [-0.4, -0.2) is 265 Å². The highest BCUT2D eigenvalue weighted by molar-refractivity contribution is 8.76. The molecule has 7 aromatic rings. The number of unbranched alkanes of at least 4 members (excludes halogenated alkanes) is 1. The normalized spacial score (nSPS) is 28.8. The fourth-order valence-electron chi connectivity index (χ4n) is 19.7. The van der Waals surface area contributed by atoms with Gasteiger partial charge >= 0.3 is 12.1 Å². The number of fused-ring (bicyclic) bond motifs is 7. The Morgan fingerprint density at radius 1 is 0.862 bits per heavy atom. The summed E-state index contributed by atoms with van der Waals surface area (Å²) in [6, 6.07) is 17.6. The number of anilines is 2. The number of aliphatic hydroxyl groups excluding tert-OH is 4. The van der Waals surface area contributed by atoms with Gasteiger partial charge in [0.15, 0.2) is 46.5 Å². The van der Waals surface area contributed by atoms with E-state index in [0.29, 0.717) is 118 Å². The average molecular weight is 1640 g/mol. The van der Waals surface area contributed by atoms with Gasteiger partial charge in [0, 0.05) is 138 Å². The number of nitrogens with two attached hydrogens (primary N) is 1. The highest BCUT2D eigenvalue weighted by Crippen LogP contribution is 2.68. The average Bonchev–Trinajstić information content (AvgIpc) is 1.47. The van der Waals surface area contributed by atoms with Crippen molar-refractivity contribution >= 4 is 90.6 Å². The molecule has 2 bridgehead atoms. The summed E-state index contributed by atoms with van der Waals surface area (Å²) >= 11 is 0. The van der Waals surface area contributed by atoms with Crippen molar-refractivity contribution in [3.05, 3.63) is 140 Å². The molecule has 0 radical (unpaired) electrons. The minimum Gasteiger partial charge on any atom is -0.496 e. The van der Waals surface area contributed by atoms with E-state index in [1.165, 1.54) is 38.0 Å². The Morgan fingerprint density at radius 3 is 2.42 bits per heavy atom. The second kappa shape index (κ2) is 34.7. The van der Waals surface area contributed by atoms with Gasteiger partial charge in [-0.3, -0.25) is 38.8 Å². The first-order valence-corrected chi connectivity index (χ1v) is 42.5. The molecule has 4 fully saturated rings. The number of hydrogen-bond donors (Lipinski definition) is 12. The number of hydrogen-bond acceptors (Lipinski definition) is 28. The van der Waals surface area contributed by atoms with E-state index < -0.39 is 112 Å². The lowest BCUT2D eigenvalue weighted by Gasteiger charge is -2.63. The van der Waals surface area contributed by atoms with Crippen molar-refractivity contribution in [3.63, 3.8) is 0 Å². The van der Waals surface area contributed by atoms with Gasteiger partial charge in [0.2, 0.25) is 11.9 Å². The molecule has 622 valence electrons. The Kier molecular flexibility index (Phi) is 25.0. The number of aliphatic hydroxyl groups is 6. The van der Waals surface area contributed by atoms with Gasteiger partial charge in [-0.2, -0.15) is 4.98 Å². The lowest BCUT2D eigenvalue weighted by atomic mass is 9.47. The molecule has 10 heterocycles. The van der Waals surface area contributed by atoms with Gasteiger partial charge in [-0.15, -0.1) is 5.10 Å². The number of methoxy groups -OCH3 is 1. The largest absolute Gasteiger partial charge is 0.496 e. The number of ether oxygens (including phenoxy) is 4. The van der Waals surface area contributed by atoms with Gasteiger partial charge in [-0.1, -0.05) is 95.3 Å². The van der Waals surface area contributed by atoms with E-state index in [4.69, 9.17) is 24.7 Å². The number of Topliss-reactive ketones (excluding diaryl/α,β-unsaturated/α-hetero) is 3. The smallest absolute Gasteiger partial charge is 0.407 e. The number of amides is 2. The first-order chi connectivity index (χ1) is 55.6. The molecule has 1 aliphatic carbocycles. The van der Waals surface area contributed by atoms with E-state index >= 15 is 4.79 Å². The van der Waals surface area contributed by atoms with Crippen molar-refractivity contribution in [2.24, 2.45) is 11.3 Å². The van der Waals surface area contributed by atoms with Gasteiger partial charge in [-0.25, -0.2) is 24.2 Å². The number of carbonyl (C=O) groups excluding carboxylic acids is 5. The quantitative estimate of drug-likeness (QED) is 0.0119. The van der Waals surface area contributed by atoms with Crippen LogP contribution in [0.1, 0.15) is 141 Å². The minimum atomic E-state index is -2.42. The number of carboxylic acid groups (broad SMARTS) is 1. The van der Waals surface area contributed by atoms with Crippen molar-refractivity contribution in [2.75, 3.05) is 88.8 Å². The van der Waals surface area contributed by atoms with Crippen molar-refractivity contribution in [1.29, 1.82) is 0 Å². The summed E-state index contributed by atoms with van der Waals surface area (Å²) in [4.78, 5) is 120. The monoisotopic (exact) mass is 1640 g/mol. The van der Waals surface area contributed by atoms with Crippen LogP contribution in [0.2, 0.25) is 0 Å². The summed E-state index contributed by atoms with van der Waals surface area (Å²) < 4.78 is 24.2. The van der Waals surface area contributed by atoms with Gasteiger partial charge in [0.1, 0.15) is 36.8 Å². The first-order valence-electron chi connectivity index (χ1n) is 40.1. The first kappa shape index (κ1) is 83.7. The van der Waals surface area contributed by atoms with Crippen LogP contribution in [0.5, 0.6) is 5.75 Å². The third kappa shape index (κ3) is 16.2. The molecule has 16 atom stereocenters. The van der Waals surface area contributed by atoms with E-state index in [-0.39, 0.29) is 86.1 Å². The van der Waals surface area contributed by atoms with Gasteiger partial charge in [0.25, 0.3) is 5.56 Å². The molecule has 6 aliphatic heterocycles. The number of likely N-dealkylation sites (N-methyl/N-ethyl adjacent to an activating group) is 1. The van der Waals surface area contributed by atoms with Crippen molar-refractivity contribution in [3.8, 4) is 5.75 Å². The fourth-order valence-corrected chi connectivity index (χ4v) is 21.6. The molecule has 116 heavy (non-hydrogen) atoms. The number of nitrogen functional groups attached to an aromatic ring is 1. The van der Waals surface area contributed by atoms with Gasteiger partial charge in [0.05, 0.1) is 62.1 Å². The molecular formula is C82H104N14O18S2. The van der Waals surface area contributed by atoms with E-state index in [2.05, 4.69) is 99.8 Å². The number of aliphatic carboxylic acids is 1. The number of piperidine rings is 1. The number of alkyl carbamates (subject to hydrolysis) is 1. The van der Waals surface area contributed by atoms with E-state index in [9.17, 15) is 64.5 Å². The van der Waals surface area contributed by atoms with Crippen LogP contribution in [0, 0.1) is 11.3 Å². The van der Waals surface area contributed by atoms with Crippen LogP contribution in [0.15, 0.2) is 90.0 Å². The summed E-state index contributed by atoms with van der Waals surface area (Å²) in [6.45, 7) is 8.96. The van der Waals surface area contributed by atoms with Crippen LogP contribution in [0.3, 0.4) is 0 Å². The molecule has 1 saturated carbocycles. The molecular weight excluding hydrogens is 1530 g/mol. The molecule has 14 rings (SSSR count). The zero-order valence-electron chi connectivity index (χ0n) is 65.8. The van der Waals surface area contributed by atoms with Crippen LogP contribution in [0.25, 0.3) is 22.1 Å². The molecule has 4 aromatic heterocycles. The number of carboxylic acids is 1. The Labute approximate surface area is 677 Å². The summed E-state index contributed by atoms with van der Waals surface area (Å²) in [6.07, 6.45) is 1.71. The molecule has 7 aliphatic rings.